The zero-order valence-electron chi connectivity index (χ0n) is 21.4. The molecule has 4 rings (SSSR count). The number of rotatable bonds is 8. The highest BCUT2D eigenvalue weighted by Crippen LogP contribution is 2.42. The molecule has 1 fully saturated rings. The van der Waals surface area contributed by atoms with Gasteiger partial charge < -0.3 is 19.9 Å². The minimum Gasteiger partial charge on any atom is -0.392 e. The van der Waals surface area contributed by atoms with E-state index in [9.17, 15) is 9.90 Å². The van der Waals surface area contributed by atoms with Crippen LogP contribution in [0.4, 0.5) is 5.69 Å². The molecule has 0 aliphatic carbocycles. The molecule has 1 saturated heterocycles. The summed E-state index contributed by atoms with van der Waals surface area (Å²) in [5.41, 5.74) is 4.83. The first-order valence-corrected chi connectivity index (χ1v) is 12.5. The first-order valence-electron chi connectivity index (χ1n) is 12.5. The molecule has 0 spiro atoms. The molecule has 6 nitrogen and oxygen atoms in total. The monoisotopic (exact) mass is 488 g/mol. The van der Waals surface area contributed by atoms with Gasteiger partial charge in [-0.3, -0.25) is 9.69 Å². The van der Waals surface area contributed by atoms with Gasteiger partial charge >= 0.3 is 0 Å². The molecule has 1 aliphatic rings. The molecule has 36 heavy (non-hydrogen) atoms. The highest BCUT2D eigenvalue weighted by Gasteiger charge is 2.39. The average Bonchev–Trinajstić information content (AvgIpc) is 2.90. The Morgan fingerprint density at radius 3 is 2.22 bits per heavy atom. The van der Waals surface area contributed by atoms with Crippen molar-refractivity contribution in [1.29, 1.82) is 0 Å². The molecule has 0 bridgehead atoms. The van der Waals surface area contributed by atoms with Gasteiger partial charge in [-0.2, -0.15) is 0 Å². The van der Waals surface area contributed by atoms with Crippen LogP contribution in [0.25, 0.3) is 0 Å². The largest absolute Gasteiger partial charge is 0.392 e. The lowest BCUT2D eigenvalue weighted by atomic mass is 9.89. The van der Waals surface area contributed by atoms with E-state index in [-0.39, 0.29) is 36.7 Å². The van der Waals surface area contributed by atoms with Crippen molar-refractivity contribution in [1.82, 2.24) is 4.90 Å². The number of ether oxygens (including phenoxy) is 2. The van der Waals surface area contributed by atoms with Gasteiger partial charge in [0.1, 0.15) is 0 Å². The van der Waals surface area contributed by atoms with Crippen molar-refractivity contribution in [2.75, 3.05) is 18.9 Å². The number of aliphatic hydroxyl groups excluding tert-OH is 1. The fourth-order valence-corrected chi connectivity index (χ4v) is 4.68. The van der Waals surface area contributed by atoms with Crippen LogP contribution in [-0.4, -0.2) is 35.6 Å². The fourth-order valence-electron chi connectivity index (χ4n) is 4.68. The standard InChI is InChI=1S/C30H36N2O4/c1-20-28(18-32(4)21(2)24-8-6-5-7-9-24)35-30(26-14-16-27(17-15-26)31-22(3)34)36-29(20)25-12-10-23(19-33)11-13-25/h5-17,20-21,28-30,33H,18-19H2,1-4H3,(H,31,34)/t20-,21+,28+,29+,30+/m1/s1. The summed E-state index contributed by atoms with van der Waals surface area (Å²) < 4.78 is 13.1. The van der Waals surface area contributed by atoms with Crippen molar-refractivity contribution in [3.8, 4) is 0 Å². The van der Waals surface area contributed by atoms with Crippen LogP contribution < -0.4 is 5.32 Å². The molecule has 2 N–H and O–H groups in total. The van der Waals surface area contributed by atoms with Gasteiger partial charge in [0.15, 0.2) is 6.29 Å². The number of hydrogen-bond donors (Lipinski definition) is 2. The number of hydrogen-bond acceptors (Lipinski definition) is 5. The summed E-state index contributed by atoms with van der Waals surface area (Å²) in [5, 5.41) is 12.3. The Kier molecular flexibility index (Phi) is 8.54. The lowest BCUT2D eigenvalue weighted by Gasteiger charge is -2.43. The lowest BCUT2D eigenvalue weighted by Crippen LogP contribution is -2.44. The Morgan fingerprint density at radius 2 is 1.61 bits per heavy atom. The highest BCUT2D eigenvalue weighted by molar-refractivity contribution is 5.88. The number of carbonyl (C=O) groups excluding carboxylic acids is 1. The van der Waals surface area contributed by atoms with Gasteiger partial charge in [0, 0.05) is 36.7 Å². The molecule has 5 atom stereocenters. The molecule has 1 heterocycles. The normalized spacial score (nSPS) is 22.8. The molecular formula is C30H36N2O4. The van der Waals surface area contributed by atoms with E-state index in [0.29, 0.717) is 0 Å². The van der Waals surface area contributed by atoms with Crippen molar-refractivity contribution < 1.29 is 19.4 Å². The van der Waals surface area contributed by atoms with E-state index < -0.39 is 6.29 Å². The van der Waals surface area contributed by atoms with E-state index in [4.69, 9.17) is 9.47 Å². The Bertz CT molecular complexity index is 1120. The number of benzene rings is 3. The topological polar surface area (TPSA) is 71.0 Å². The van der Waals surface area contributed by atoms with Crippen LogP contribution >= 0.6 is 0 Å². The average molecular weight is 489 g/mol. The first-order chi connectivity index (χ1) is 17.4. The van der Waals surface area contributed by atoms with Gasteiger partial charge in [-0.05, 0) is 42.8 Å². The van der Waals surface area contributed by atoms with Gasteiger partial charge in [0.25, 0.3) is 0 Å². The molecule has 3 aromatic rings. The maximum Gasteiger partial charge on any atom is 0.221 e. The van der Waals surface area contributed by atoms with Crippen molar-refractivity contribution in [2.45, 2.75) is 51.9 Å². The summed E-state index contributed by atoms with van der Waals surface area (Å²) in [6, 6.07) is 26.3. The minimum atomic E-state index is -0.541. The van der Waals surface area contributed by atoms with Gasteiger partial charge in [-0.1, -0.05) is 73.7 Å². The van der Waals surface area contributed by atoms with E-state index in [1.54, 1.807) is 0 Å². The summed E-state index contributed by atoms with van der Waals surface area (Å²) in [6.45, 7) is 6.63. The van der Waals surface area contributed by atoms with E-state index in [1.165, 1.54) is 12.5 Å². The van der Waals surface area contributed by atoms with Crippen LogP contribution in [-0.2, 0) is 20.9 Å². The highest BCUT2D eigenvalue weighted by atomic mass is 16.7. The fraction of sp³-hybridized carbons (Fsp3) is 0.367. The third kappa shape index (κ3) is 6.20. The smallest absolute Gasteiger partial charge is 0.221 e. The van der Waals surface area contributed by atoms with Crippen LogP contribution in [0.3, 0.4) is 0 Å². The number of likely N-dealkylation sites (N-methyl/N-ethyl adjacent to an activating group) is 1. The third-order valence-corrected chi connectivity index (χ3v) is 7.04. The Balaban J connectivity index is 1.58. The summed E-state index contributed by atoms with van der Waals surface area (Å²) in [5.74, 6) is -0.00549. The summed E-state index contributed by atoms with van der Waals surface area (Å²) in [6.07, 6.45) is -0.782. The molecular weight excluding hydrogens is 452 g/mol. The quantitative estimate of drug-likeness (QED) is 0.431. The Hall–Kier alpha value is -3.03. The zero-order valence-corrected chi connectivity index (χ0v) is 21.4. The molecule has 0 unspecified atom stereocenters. The van der Waals surface area contributed by atoms with Crippen molar-refractivity contribution in [3.63, 3.8) is 0 Å². The van der Waals surface area contributed by atoms with Gasteiger partial charge in [-0.15, -0.1) is 0 Å². The Labute approximate surface area is 213 Å². The molecule has 1 aliphatic heterocycles. The Morgan fingerprint density at radius 1 is 0.972 bits per heavy atom. The summed E-state index contributed by atoms with van der Waals surface area (Å²) in [4.78, 5) is 13.7. The molecule has 190 valence electrons. The van der Waals surface area contributed by atoms with E-state index in [0.717, 1.165) is 28.9 Å². The number of anilines is 1. The zero-order chi connectivity index (χ0) is 25.7. The maximum atomic E-state index is 11.4. The van der Waals surface area contributed by atoms with Crippen molar-refractivity contribution >= 4 is 11.6 Å². The van der Waals surface area contributed by atoms with E-state index >= 15 is 0 Å². The molecule has 1 amide bonds. The SMILES string of the molecule is CC(=O)Nc1ccc([C@H]2O[C@@H](CN(C)[C@@H](C)c3ccccc3)[C@@H](C)[C@@H](c3ccc(CO)cc3)O2)cc1. The van der Waals surface area contributed by atoms with Crippen LogP contribution in [0.2, 0.25) is 0 Å². The number of carbonyl (C=O) groups is 1. The predicted molar refractivity (Wildman–Crippen MR) is 141 cm³/mol. The second-order valence-corrected chi connectivity index (χ2v) is 9.65. The van der Waals surface area contributed by atoms with Crippen LogP contribution in [0.1, 0.15) is 61.5 Å². The minimum absolute atomic E-state index is 0.0124. The van der Waals surface area contributed by atoms with Gasteiger partial charge in [0.2, 0.25) is 5.91 Å². The summed E-state index contributed by atoms with van der Waals surface area (Å²) in [7, 11) is 2.13. The van der Waals surface area contributed by atoms with E-state index in [2.05, 4.69) is 55.4 Å². The summed E-state index contributed by atoms with van der Waals surface area (Å²) >= 11 is 0. The molecule has 6 heteroatoms. The van der Waals surface area contributed by atoms with Crippen molar-refractivity contribution in [2.24, 2.45) is 5.92 Å². The van der Waals surface area contributed by atoms with Crippen LogP contribution in [0.5, 0.6) is 0 Å². The van der Waals surface area contributed by atoms with Gasteiger partial charge in [0.05, 0.1) is 18.8 Å². The third-order valence-electron chi connectivity index (χ3n) is 7.04. The van der Waals surface area contributed by atoms with Crippen LogP contribution in [0.15, 0.2) is 78.9 Å². The van der Waals surface area contributed by atoms with E-state index in [1.807, 2.05) is 54.6 Å². The first kappa shape index (κ1) is 26.0. The second-order valence-electron chi connectivity index (χ2n) is 9.65. The van der Waals surface area contributed by atoms with Crippen molar-refractivity contribution in [3.05, 3.63) is 101 Å². The number of amides is 1. The number of aliphatic hydroxyl groups is 1. The number of nitrogens with zero attached hydrogens (tertiary/aromatic N) is 1. The second kappa shape index (κ2) is 11.8. The lowest BCUT2D eigenvalue weighted by molar-refractivity contribution is -0.276. The molecule has 3 aromatic carbocycles. The van der Waals surface area contributed by atoms with Crippen LogP contribution in [0, 0.1) is 5.92 Å². The molecule has 0 radical (unpaired) electrons. The number of nitrogens with one attached hydrogen (secondary N) is 1. The predicted octanol–water partition coefficient (Wildman–Crippen LogP) is 5.62. The maximum absolute atomic E-state index is 11.4. The molecule has 0 aromatic heterocycles. The van der Waals surface area contributed by atoms with Gasteiger partial charge in [-0.25, -0.2) is 0 Å². The molecule has 0 saturated carbocycles.